The van der Waals surface area contributed by atoms with Crippen LogP contribution in [0, 0.1) is 0 Å². The van der Waals surface area contributed by atoms with E-state index in [0.717, 1.165) is 0 Å². The minimum atomic E-state index is -0.178. The molecule has 0 aliphatic heterocycles. The summed E-state index contributed by atoms with van der Waals surface area (Å²) in [6.07, 6.45) is 1.62. The van der Waals surface area contributed by atoms with Gasteiger partial charge in [0.05, 0.1) is 23.3 Å². The number of methoxy groups -OCH3 is 1. The van der Waals surface area contributed by atoms with Gasteiger partial charge in [-0.15, -0.1) is 0 Å². The molecule has 0 unspecified atom stereocenters. The second-order valence-corrected chi connectivity index (χ2v) is 5.84. The average Bonchev–Trinajstić information content (AvgIpc) is 2.80. The Labute approximate surface area is 130 Å². The van der Waals surface area contributed by atoms with Crippen LogP contribution in [-0.2, 0) is 0 Å². The highest BCUT2D eigenvalue weighted by Gasteiger charge is 2.23. The molecule has 4 nitrogen and oxygen atoms in total. The van der Waals surface area contributed by atoms with E-state index in [9.17, 15) is 4.79 Å². The van der Waals surface area contributed by atoms with Gasteiger partial charge in [0.15, 0.2) is 0 Å². The Morgan fingerprint density at radius 3 is 2.75 bits per heavy atom. The Balaban J connectivity index is 2.57. The smallest absolute Gasteiger partial charge is 0.215 e. The molecular formula is C14H14BrClN2O2. The van der Waals surface area contributed by atoms with Gasteiger partial charge in [0.1, 0.15) is 11.4 Å². The van der Waals surface area contributed by atoms with Gasteiger partial charge in [0.2, 0.25) is 5.78 Å². The molecule has 0 fully saturated rings. The summed E-state index contributed by atoms with van der Waals surface area (Å²) < 4.78 is 7.56. The van der Waals surface area contributed by atoms with Crippen molar-refractivity contribution in [3.63, 3.8) is 0 Å². The predicted octanol–water partition coefficient (Wildman–Crippen LogP) is 4.12. The van der Waals surface area contributed by atoms with E-state index in [1.807, 2.05) is 13.8 Å². The quantitative estimate of drug-likeness (QED) is 0.773. The van der Waals surface area contributed by atoms with Crippen molar-refractivity contribution in [3.8, 4) is 5.75 Å². The number of carbonyl (C=O) groups is 1. The number of nitrogens with zero attached hydrogens (tertiary/aromatic N) is 2. The fourth-order valence-corrected chi connectivity index (χ4v) is 2.56. The van der Waals surface area contributed by atoms with Crippen molar-refractivity contribution in [3.05, 3.63) is 45.1 Å². The first-order chi connectivity index (χ1) is 9.45. The average molecular weight is 358 g/mol. The highest BCUT2D eigenvalue weighted by atomic mass is 79.9. The van der Waals surface area contributed by atoms with Crippen molar-refractivity contribution in [2.75, 3.05) is 7.11 Å². The molecule has 20 heavy (non-hydrogen) atoms. The first-order valence-electron chi connectivity index (χ1n) is 6.07. The molecule has 1 heterocycles. The SMILES string of the molecule is COc1ccc(Cl)cc1C(=O)c1c(Br)cnn1C(C)C. The number of hydrogen-bond acceptors (Lipinski definition) is 3. The number of carbonyl (C=O) groups excluding carboxylic acids is 1. The van der Waals surface area contributed by atoms with Gasteiger partial charge in [-0.05, 0) is 48.0 Å². The van der Waals surface area contributed by atoms with Crippen LogP contribution in [0.1, 0.15) is 35.9 Å². The van der Waals surface area contributed by atoms with Crippen molar-refractivity contribution < 1.29 is 9.53 Å². The van der Waals surface area contributed by atoms with E-state index in [1.54, 1.807) is 29.1 Å². The van der Waals surface area contributed by atoms with E-state index in [-0.39, 0.29) is 11.8 Å². The lowest BCUT2D eigenvalue weighted by molar-refractivity contribution is 0.102. The summed E-state index contributed by atoms with van der Waals surface area (Å²) in [4.78, 5) is 12.8. The third-order valence-electron chi connectivity index (χ3n) is 2.86. The second-order valence-electron chi connectivity index (χ2n) is 4.55. The van der Waals surface area contributed by atoms with E-state index in [1.165, 1.54) is 7.11 Å². The zero-order valence-electron chi connectivity index (χ0n) is 11.4. The normalized spacial score (nSPS) is 10.9. The van der Waals surface area contributed by atoms with Gasteiger partial charge < -0.3 is 4.74 Å². The number of benzene rings is 1. The zero-order chi connectivity index (χ0) is 14.9. The lowest BCUT2D eigenvalue weighted by atomic mass is 10.1. The van der Waals surface area contributed by atoms with Crippen LogP contribution >= 0.6 is 27.5 Å². The first kappa shape index (κ1) is 15.1. The van der Waals surface area contributed by atoms with Crippen LogP contribution in [0.4, 0.5) is 0 Å². The Bertz CT molecular complexity index is 653. The van der Waals surface area contributed by atoms with Gasteiger partial charge in [-0.25, -0.2) is 0 Å². The van der Waals surface area contributed by atoms with Crippen molar-refractivity contribution >= 4 is 33.3 Å². The summed E-state index contributed by atoms with van der Waals surface area (Å²) in [5, 5.41) is 4.70. The predicted molar refractivity (Wildman–Crippen MR) is 81.7 cm³/mol. The van der Waals surface area contributed by atoms with Crippen LogP contribution < -0.4 is 4.74 Å². The maximum atomic E-state index is 12.8. The monoisotopic (exact) mass is 356 g/mol. The lowest BCUT2D eigenvalue weighted by Crippen LogP contribution is -2.14. The molecule has 106 valence electrons. The molecule has 0 saturated heterocycles. The molecule has 0 atom stereocenters. The zero-order valence-corrected chi connectivity index (χ0v) is 13.7. The molecule has 1 aromatic heterocycles. The van der Waals surface area contributed by atoms with Crippen molar-refractivity contribution in [2.24, 2.45) is 0 Å². The van der Waals surface area contributed by atoms with E-state index in [4.69, 9.17) is 16.3 Å². The standard InChI is InChI=1S/C14H14BrClN2O2/c1-8(2)18-13(11(15)7-17-18)14(19)10-6-9(16)4-5-12(10)20-3/h4-8H,1-3H3. The summed E-state index contributed by atoms with van der Waals surface area (Å²) in [6, 6.07) is 5.05. The van der Waals surface area contributed by atoms with Gasteiger partial charge in [-0.1, -0.05) is 11.6 Å². The third-order valence-corrected chi connectivity index (χ3v) is 3.68. The fourth-order valence-electron chi connectivity index (χ4n) is 1.93. The molecule has 0 aliphatic rings. The van der Waals surface area contributed by atoms with Crippen molar-refractivity contribution in [2.45, 2.75) is 19.9 Å². The molecule has 0 bridgehead atoms. The van der Waals surface area contributed by atoms with E-state index >= 15 is 0 Å². The van der Waals surface area contributed by atoms with Crippen LogP contribution in [0.3, 0.4) is 0 Å². The Morgan fingerprint density at radius 2 is 2.15 bits per heavy atom. The third kappa shape index (κ3) is 2.74. The maximum Gasteiger partial charge on any atom is 0.215 e. The van der Waals surface area contributed by atoms with E-state index in [2.05, 4.69) is 21.0 Å². The second kappa shape index (κ2) is 5.97. The Hall–Kier alpha value is -1.33. The molecule has 0 radical (unpaired) electrons. The van der Waals surface area contributed by atoms with Crippen LogP contribution in [0.2, 0.25) is 5.02 Å². The van der Waals surface area contributed by atoms with E-state index in [0.29, 0.717) is 26.5 Å². The topological polar surface area (TPSA) is 44.1 Å². The minimum absolute atomic E-state index is 0.0745. The molecule has 0 N–H and O–H groups in total. The van der Waals surface area contributed by atoms with Crippen LogP contribution in [0.15, 0.2) is 28.9 Å². The van der Waals surface area contributed by atoms with Crippen molar-refractivity contribution in [1.29, 1.82) is 0 Å². The summed E-state index contributed by atoms with van der Waals surface area (Å²) >= 11 is 9.35. The van der Waals surface area contributed by atoms with Crippen LogP contribution in [0.5, 0.6) is 5.75 Å². The van der Waals surface area contributed by atoms with Crippen molar-refractivity contribution in [1.82, 2.24) is 9.78 Å². The highest BCUT2D eigenvalue weighted by Crippen LogP contribution is 2.29. The summed E-state index contributed by atoms with van der Waals surface area (Å²) in [5.41, 5.74) is 0.906. The van der Waals surface area contributed by atoms with Crippen LogP contribution in [-0.4, -0.2) is 22.7 Å². The first-order valence-corrected chi connectivity index (χ1v) is 7.24. The molecule has 0 amide bonds. The van der Waals surface area contributed by atoms with Gasteiger partial charge in [0.25, 0.3) is 0 Å². The molecular weight excluding hydrogens is 344 g/mol. The minimum Gasteiger partial charge on any atom is -0.496 e. The van der Waals surface area contributed by atoms with E-state index < -0.39 is 0 Å². The number of ether oxygens (including phenoxy) is 1. The lowest BCUT2D eigenvalue weighted by Gasteiger charge is -2.12. The van der Waals surface area contributed by atoms with Gasteiger partial charge in [-0.3, -0.25) is 9.48 Å². The number of hydrogen-bond donors (Lipinski definition) is 0. The number of halogens is 2. The summed E-state index contributed by atoms with van der Waals surface area (Å²) in [6.45, 7) is 3.93. The molecule has 2 rings (SSSR count). The Morgan fingerprint density at radius 1 is 1.45 bits per heavy atom. The number of rotatable bonds is 4. The van der Waals surface area contributed by atoms with Gasteiger partial charge in [-0.2, -0.15) is 5.10 Å². The summed E-state index contributed by atoms with van der Waals surface area (Å²) in [5.74, 6) is 0.310. The van der Waals surface area contributed by atoms with Gasteiger partial charge in [0, 0.05) is 11.1 Å². The van der Waals surface area contributed by atoms with Gasteiger partial charge >= 0.3 is 0 Å². The highest BCUT2D eigenvalue weighted by molar-refractivity contribution is 9.10. The molecule has 0 spiro atoms. The largest absolute Gasteiger partial charge is 0.496 e. The Kier molecular flexibility index (Phi) is 4.50. The number of aromatic nitrogens is 2. The molecule has 1 aromatic carbocycles. The fraction of sp³-hybridized carbons (Fsp3) is 0.286. The summed E-state index contributed by atoms with van der Waals surface area (Å²) in [7, 11) is 1.52. The number of ketones is 1. The maximum absolute atomic E-state index is 12.8. The molecule has 0 saturated carbocycles. The van der Waals surface area contributed by atoms with Crippen LogP contribution in [0.25, 0.3) is 0 Å². The molecule has 0 aliphatic carbocycles. The molecule has 2 aromatic rings. The molecule has 6 heteroatoms.